The zero-order chi connectivity index (χ0) is 23.8. The SMILES string of the molecule is CCCCCC(CNC(=O)Nc1c(C(C)C)cccc1C(C)C)c1cccc2ccccc12. The van der Waals surface area contributed by atoms with Gasteiger partial charge in [0, 0.05) is 18.2 Å². The Kier molecular flexibility index (Phi) is 8.94. The first-order valence-electron chi connectivity index (χ1n) is 12.6. The van der Waals surface area contributed by atoms with Crippen molar-refractivity contribution in [2.24, 2.45) is 0 Å². The third-order valence-electron chi connectivity index (χ3n) is 6.54. The maximum absolute atomic E-state index is 13.1. The highest BCUT2D eigenvalue weighted by atomic mass is 16.2. The third kappa shape index (κ3) is 6.37. The number of nitrogens with one attached hydrogen (secondary N) is 2. The number of anilines is 1. The molecule has 0 heterocycles. The number of carbonyl (C=O) groups is 1. The van der Waals surface area contributed by atoms with Gasteiger partial charge in [-0.2, -0.15) is 0 Å². The average Bonchev–Trinajstić information content (AvgIpc) is 2.81. The summed E-state index contributed by atoms with van der Waals surface area (Å²) in [7, 11) is 0. The molecule has 0 aliphatic carbocycles. The Hall–Kier alpha value is -2.81. The zero-order valence-corrected chi connectivity index (χ0v) is 20.9. The summed E-state index contributed by atoms with van der Waals surface area (Å²) in [5, 5.41) is 8.95. The van der Waals surface area contributed by atoms with Crippen LogP contribution in [0.5, 0.6) is 0 Å². The van der Waals surface area contributed by atoms with Crippen molar-refractivity contribution in [2.45, 2.75) is 78.1 Å². The van der Waals surface area contributed by atoms with Crippen molar-refractivity contribution in [2.75, 3.05) is 11.9 Å². The number of rotatable bonds is 10. The number of hydrogen-bond donors (Lipinski definition) is 2. The Morgan fingerprint density at radius 1 is 0.788 bits per heavy atom. The molecule has 0 aliphatic heterocycles. The van der Waals surface area contributed by atoms with Gasteiger partial charge in [0.25, 0.3) is 0 Å². The molecule has 2 N–H and O–H groups in total. The van der Waals surface area contributed by atoms with Gasteiger partial charge in [-0.3, -0.25) is 0 Å². The fourth-order valence-corrected chi connectivity index (χ4v) is 4.68. The van der Waals surface area contributed by atoms with E-state index in [2.05, 4.69) is 106 Å². The molecule has 0 aromatic heterocycles. The maximum atomic E-state index is 13.1. The summed E-state index contributed by atoms with van der Waals surface area (Å²) in [6.45, 7) is 11.6. The van der Waals surface area contributed by atoms with E-state index in [1.165, 1.54) is 46.7 Å². The van der Waals surface area contributed by atoms with Crippen molar-refractivity contribution in [3.05, 3.63) is 77.4 Å². The summed E-state index contributed by atoms with van der Waals surface area (Å²) >= 11 is 0. The van der Waals surface area contributed by atoms with Crippen LogP contribution >= 0.6 is 0 Å². The molecule has 0 fully saturated rings. The Bertz CT molecular complexity index is 1020. The minimum atomic E-state index is -0.120. The fraction of sp³-hybridized carbons (Fsp3) is 0.433. The highest BCUT2D eigenvalue weighted by molar-refractivity contribution is 5.91. The topological polar surface area (TPSA) is 41.1 Å². The molecule has 0 radical (unpaired) electrons. The lowest BCUT2D eigenvalue weighted by Crippen LogP contribution is -2.33. The van der Waals surface area contributed by atoms with E-state index in [1.54, 1.807) is 0 Å². The van der Waals surface area contributed by atoms with Crippen LogP contribution in [0.25, 0.3) is 10.8 Å². The standard InChI is InChI=1S/C30H40N2O/c1-6-7-8-14-24(28-19-11-15-23-13-9-10-16-27(23)28)20-31-30(33)32-29-25(21(2)3)17-12-18-26(29)22(4)5/h9-13,15-19,21-22,24H,6-8,14,20H2,1-5H3,(H2,31,32,33). The maximum Gasteiger partial charge on any atom is 0.319 e. The number of fused-ring (bicyclic) bond motifs is 1. The molecule has 1 atom stereocenters. The van der Waals surface area contributed by atoms with Gasteiger partial charge in [0.2, 0.25) is 0 Å². The minimum absolute atomic E-state index is 0.120. The normalized spacial score (nSPS) is 12.3. The van der Waals surface area contributed by atoms with Crippen LogP contribution in [0.15, 0.2) is 60.7 Å². The molecule has 33 heavy (non-hydrogen) atoms. The molecule has 3 aromatic rings. The van der Waals surface area contributed by atoms with Gasteiger partial charge in [-0.1, -0.05) is 115 Å². The van der Waals surface area contributed by atoms with Gasteiger partial charge < -0.3 is 10.6 Å². The molecule has 1 unspecified atom stereocenters. The van der Waals surface area contributed by atoms with E-state index in [9.17, 15) is 4.79 Å². The summed E-state index contributed by atoms with van der Waals surface area (Å²) in [5.74, 6) is 0.978. The van der Waals surface area contributed by atoms with Gasteiger partial charge in [-0.15, -0.1) is 0 Å². The third-order valence-corrected chi connectivity index (χ3v) is 6.54. The molecule has 2 amide bonds. The van der Waals surface area contributed by atoms with Crippen LogP contribution < -0.4 is 10.6 Å². The average molecular weight is 445 g/mol. The van der Waals surface area contributed by atoms with Gasteiger partial charge >= 0.3 is 6.03 Å². The molecule has 176 valence electrons. The van der Waals surface area contributed by atoms with Crippen LogP contribution in [-0.4, -0.2) is 12.6 Å². The minimum Gasteiger partial charge on any atom is -0.337 e. The second-order valence-corrected chi connectivity index (χ2v) is 9.72. The molecular weight excluding hydrogens is 404 g/mol. The van der Waals surface area contributed by atoms with E-state index in [0.717, 1.165) is 12.1 Å². The molecule has 3 rings (SSSR count). The van der Waals surface area contributed by atoms with Crippen molar-refractivity contribution in [3.8, 4) is 0 Å². The molecule has 3 aromatic carbocycles. The molecule has 0 saturated heterocycles. The smallest absolute Gasteiger partial charge is 0.319 e. The summed E-state index contributed by atoms with van der Waals surface area (Å²) < 4.78 is 0. The largest absolute Gasteiger partial charge is 0.337 e. The summed E-state index contributed by atoms with van der Waals surface area (Å²) in [5.41, 5.74) is 4.66. The van der Waals surface area contributed by atoms with Crippen molar-refractivity contribution in [1.82, 2.24) is 5.32 Å². The first-order valence-corrected chi connectivity index (χ1v) is 12.6. The molecule has 0 bridgehead atoms. The monoisotopic (exact) mass is 444 g/mol. The molecule has 3 heteroatoms. The van der Waals surface area contributed by atoms with Gasteiger partial charge in [0.1, 0.15) is 0 Å². The lowest BCUT2D eigenvalue weighted by atomic mass is 9.89. The van der Waals surface area contributed by atoms with Crippen molar-refractivity contribution in [3.63, 3.8) is 0 Å². The number of unbranched alkanes of at least 4 members (excludes halogenated alkanes) is 2. The van der Waals surface area contributed by atoms with Gasteiger partial charge in [0.05, 0.1) is 0 Å². The van der Waals surface area contributed by atoms with E-state index in [0.29, 0.717) is 24.3 Å². The van der Waals surface area contributed by atoms with Crippen LogP contribution in [0.3, 0.4) is 0 Å². The predicted molar refractivity (Wildman–Crippen MR) is 142 cm³/mol. The van der Waals surface area contributed by atoms with E-state index in [1.807, 2.05) is 0 Å². The van der Waals surface area contributed by atoms with E-state index in [4.69, 9.17) is 0 Å². The number of amides is 2. The zero-order valence-electron chi connectivity index (χ0n) is 20.9. The van der Waals surface area contributed by atoms with Gasteiger partial charge in [-0.05, 0) is 45.7 Å². The molecule has 0 aliphatic rings. The van der Waals surface area contributed by atoms with Crippen LogP contribution in [-0.2, 0) is 0 Å². The number of carbonyl (C=O) groups excluding carboxylic acids is 1. The van der Waals surface area contributed by atoms with Crippen LogP contribution in [0.4, 0.5) is 10.5 Å². The molecular formula is C30H40N2O. The lowest BCUT2D eigenvalue weighted by Gasteiger charge is -2.23. The Balaban J connectivity index is 1.80. The van der Waals surface area contributed by atoms with Crippen LogP contribution in [0.2, 0.25) is 0 Å². The van der Waals surface area contributed by atoms with Gasteiger partial charge in [-0.25, -0.2) is 4.79 Å². The van der Waals surface area contributed by atoms with Crippen LogP contribution in [0.1, 0.15) is 94.7 Å². The highest BCUT2D eigenvalue weighted by Gasteiger charge is 2.18. The first kappa shape index (κ1) is 24.8. The van der Waals surface area contributed by atoms with Crippen molar-refractivity contribution in [1.29, 1.82) is 0 Å². The van der Waals surface area contributed by atoms with Crippen molar-refractivity contribution >= 4 is 22.5 Å². The first-order chi connectivity index (χ1) is 15.9. The summed E-state index contributed by atoms with van der Waals surface area (Å²) in [4.78, 5) is 13.1. The predicted octanol–water partition coefficient (Wildman–Crippen LogP) is 8.57. The number of urea groups is 1. The Morgan fingerprint density at radius 3 is 2.06 bits per heavy atom. The van der Waals surface area contributed by atoms with Crippen LogP contribution in [0, 0.1) is 0 Å². The van der Waals surface area contributed by atoms with E-state index >= 15 is 0 Å². The summed E-state index contributed by atoms with van der Waals surface area (Å²) in [6.07, 6.45) is 4.65. The quantitative estimate of drug-likeness (QED) is 0.302. The number of hydrogen-bond acceptors (Lipinski definition) is 1. The Labute approximate surface area is 200 Å². The second kappa shape index (κ2) is 11.9. The molecule has 3 nitrogen and oxygen atoms in total. The highest BCUT2D eigenvalue weighted by Crippen LogP contribution is 2.33. The van der Waals surface area contributed by atoms with E-state index < -0.39 is 0 Å². The number of benzene rings is 3. The van der Waals surface area contributed by atoms with E-state index in [-0.39, 0.29) is 6.03 Å². The van der Waals surface area contributed by atoms with Gasteiger partial charge in [0.15, 0.2) is 0 Å². The summed E-state index contributed by atoms with van der Waals surface area (Å²) in [6, 6.07) is 21.3. The second-order valence-electron chi connectivity index (χ2n) is 9.72. The number of para-hydroxylation sites is 1. The van der Waals surface area contributed by atoms with Crippen molar-refractivity contribution < 1.29 is 4.79 Å². The Morgan fingerprint density at radius 2 is 1.39 bits per heavy atom. The molecule has 0 spiro atoms. The lowest BCUT2D eigenvalue weighted by molar-refractivity contribution is 0.251. The molecule has 0 saturated carbocycles. The fourth-order valence-electron chi connectivity index (χ4n) is 4.68.